The summed E-state index contributed by atoms with van der Waals surface area (Å²) in [5, 5.41) is 13.4. The van der Waals surface area contributed by atoms with Gasteiger partial charge in [0.2, 0.25) is 0 Å². The molecule has 0 saturated heterocycles. The summed E-state index contributed by atoms with van der Waals surface area (Å²) in [6, 6.07) is 6.05. The summed E-state index contributed by atoms with van der Waals surface area (Å²) in [4.78, 5) is 17.6. The van der Waals surface area contributed by atoms with E-state index in [9.17, 15) is 14.4 Å². The van der Waals surface area contributed by atoms with Crippen molar-refractivity contribution >= 4 is 0 Å². The Morgan fingerprint density at radius 2 is 2.20 bits per heavy atom. The standard InChI is InChI=1S/C21H19FN4O4/c1-3-20-24-17-11-29-5-4-14(17)21(27)26(20)10-13-7-18(30-25-13)15-8-19(28-2)16(22)6-12(15)9-23/h6-8H,3-5,10-11H2,1-2H3. The van der Waals surface area contributed by atoms with Crippen molar-refractivity contribution < 1.29 is 18.4 Å². The molecule has 0 fully saturated rings. The molecule has 8 nitrogen and oxygen atoms in total. The summed E-state index contributed by atoms with van der Waals surface area (Å²) < 4.78 is 31.3. The number of nitrogens with zero attached hydrogens (tertiary/aromatic N) is 4. The van der Waals surface area contributed by atoms with Gasteiger partial charge in [0.25, 0.3) is 5.56 Å². The summed E-state index contributed by atoms with van der Waals surface area (Å²) in [7, 11) is 1.34. The molecule has 0 bridgehead atoms. The van der Waals surface area contributed by atoms with Crippen LogP contribution in [0.5, 0.6) is 5.75 Å². The lowest BCUT2D eigenvalue weighted by molar-refractivity contribution is 0.106. The third kappa shape index (κ3) is 3.46. The summed E-state index contributed by atoms with van der Waals surface area (Å²) in [5.41, 5.74) is 2.19. The van der Waals surface area contributed by atoms with Crippen LogP contribution in [0.4, 0.5) is 4.39 Å². The largest absolute Gasteiger partial charge is 0.494 e. The van der Waals surface area contributed by atoms with Gasteiger partial charge in [-0.1, -0.05) is 12.1 Å². The topological polar surface area (TPSA) is 103 Å². The van der Waals surface area contributed by atoms with E-state index in [0.717, 1.165) is 6.07 Å². The number of hydrogen-bond donors (Lipinski definition) is 0. The van der Waals surface area contributed by atoms with Crippen molar-refractivity contribution in [2.45, 2.75) is 32.9 Å². The Labute approximate surface area is 171 Å². The van der Waals surface area contributed by atoms with Crippen LogP contribution in [0.2, 0.25) is 0 Å². The molecular formula is C21H19FN4O4. The number of aryl methyl sites for hydroxylation is 1. The van der Waals surface area contributed by atoms with Crippen molar-refractivity contribution in [3.63, 3.8) is 0 Å². The van der Waals surface area contributed by atoms with E-state index < -0.39 is 5.82 Å². The van der Waals surface area contributed by atoms with E-state index in [1.165, 1.54) is 13.2 Å². The van der Waals surface area contributed by atoms with Crippen molar-refractivity contribution in [1.29, 1.82) is 5.26 Å². The maximum atomic E-state index is 13.9. The van der Waals surface area contributed by atoms with Gasteiger partial charge in [-0.05, 0) is 12.1 Å². The number of rotatable bonds is 5. The smallest absolute Gasteiger partial charge is 0.257 e. The number of hydrogen-bond acceptors (Lipinski definition) is 7. The first kappa shape index (κ1) is 19.8. The van der Waals surface area contributed by atoms with E-state index in [2.05, 4.69) is 10.1 Å². The predicted octanol–water partition coefficient (Wildman–Crippen LogP) is 2.60. The summed E-state index contributed by atoms with van der Waals surface area (Å²) in [6.45, 7) is 2.93. The quantitative estimate of drug-likeness (QED) is 0.637. The van der Waals surface area contributed by atoms with Crippen molar-refractivity contribution in [2.24, 2.45) is 0 Å². The van der Waals surface area contributed by atoms with Crippen LogP contribution < -0.4 is 10.3 Å². The molecule has 4 rings (SSSR count). The van der Waals surface area contributed by atoms with Crippen LogP contribution in [-0.2, 0) is 30.7 Å². The third-order valence-corrected chi connectivity index (χ3v) is 5.04. The van der Waals surface area contributed by atoms with Crippen LogP contribution in [0.25, 0.3) is 11.3 Å². The van der Waals surface area contributed by atoms with E-state index in [-0.39, 0.29) is 29.2 Å². The molecule has 3 aromatic rings. The molecule has 0 aliphatic carbocycles. The van der Waals surface area contributed by atoms with Gasteiger partial charge >= 0.3 is 0 Å². The minimum absolute atomic E-state index is 0.00690. The maximum absolute atomic E-state index is 13.9. The van der Waals surface area contributed by atoms with Gasteiger partial charge in [-0.2, -0.15) is 5.26 Å². The second-order valence-electron chi connectivity index (χ2n) is 6.83. The highest BCUT2D eigenvalue weighted by Crippen LogP contribution is 2.30. The van der Waals surface area contributed by atoms with Crippen LogP contribution in [0, 0.1) is 17.1 Å². The summed E-state index contributed by atoms with van der Waals surface area (Å²) >= 11 is 0. The van der Waals surface area contributed by atoms with Gasteiger partial charge in [0.15, 0.2) is 17.3 Å². The SMILES string of the molecule is CCc1nc2c(c(=O)n1Cc1cc(-c3cc(OC)c(F)cc3C#N)on1)CCOC2. The van der Waals surface area contributed by atoms with Crippen LogP contribution in [0.1, 0.15) is 35.3 Å². The molecule has 2 aromatic heterocycles. The minimum atomic E-state index is -0.638. The average Bonchev–Trinajstić information content (AvgIpc) is 3.23. The van der Waals surface area contributed by atoms with Crippen molar-refractivity contribution in [1.82, 2.24) is 14.7 Å². The van der Waals surface area contributed by atoms with Gasteiger partial charge in [0.1, 0.15) is 17.6 Å². The predicted molar refractivity (Wildman–Crippen MR) is 104 cm³/mol. The second kappa shape index (κ2) is 8.08. The average molecular weight is 410 g/mol. The number of aromatic nitrogens is 3. The Kier molecular flexibility index (Phi) is 5.33. The molecule has 1 aliphatic heterocycles. The first-order valence-electron chi connectivity index (χ1n) is 9.48. The molecule has 9 heteroatoms. The lowest BCUT2D eigenvalue weighted by atomic mass is 10.0. The molecule has 3 heterocycles. The Bertz CT molecular complexity index is 1210. The number of fused-ring (bicyclic) bond motifs is 1. The number of nitriles is 1. The molecule has 0 spiro atoms. The van der Waals surface area contributed by atoms with E-state index in [1.54, 1.807) is 10.6 Å². The van der Waals surface area contributed by atoms with Crippen LogP contribution >= 0.6 is 0 Å². The van der Waals surface area contributed by atoms with Gasteiger partial charge in [-0.3, -0.25) is 9.36 Å². The maximum Gasteiger partial charge on any atom is 0.257 e. The fraction of sp³-hybridized carbons (Fsp3) is 0.333. The van der Waals surface area contributed by atoms with Gasteiger partial charge in [-0.15, -0.1) is 0 Å². The third-order valence-electron chi connectivity index (χ3n) is 5.04. The summed E-state index contributed by atoms with van der Waals surface area (Å²) in [6.07, 6.45) is 1.09. The minimum Gasteiger partial charge on any atom is -0.494 e. The fourth-order valence-corrected chi connectivity index (χ4v) is 3.52. The zero-order valence-electron chi connectivity index (χ0n) is 16.6. The molecule has 0 unspecified atom stereocenters. The molecule has 30 heavy (non-hydrogen) atoms. The van der Waals surface area contributed by atoms with Crippen LogP contribution in [0.15, 0.2) is 27.5 Å². The number of ether oxygens (including phenoxy) is 2. The van der Waals surface area contributed by atoms with E-state index in [1.807, 2.05) is 13.0 Å². The lowest BCUT2D eigenvalue weighted by Crippen LogP contribution is -2.33. The molecule has 0 saturated carbocycles. The molecular weight excluding hydrogens is 391 g/mol. The second-order valence-corrected chi connectivity index (χ2v) is 6.83. The first-order valence-corrected chi connectivity index (χ1v) is 9.48. The summed E-state index contributed by atoms with van der Waals surface area (Å²) in [5.74, 6) is 0.272. The first-order chi connectivity index (χ1) is 14.5. The Balaban J connectivity index is 1.72. The number of halogens is 1. The van der Waals surface area contributed by atoms with Crippen LogP contribution in [-0.4, -0.2) is 28.4 Å². The van der Waals surface area contributed by atoms with Crippen molar-refractivity contribution in [3.8, 4) is 23.1 Å². The zero-order chi connectivity index (χ0) is 21.3. The molecule has 0 atom stereocenters. The van der Waals surface area contributed by atoms with E-state index >= 15 is 0 Å². The fourth-order valence-electron chi connectivity index (χ4n) is 3.52. The molecule has 1 aliphatic rings. The van der Waals surface area contributed by atoms with Crippen molar-refractivity contribution in [3.05, 3.63) is 62.7 Å². The molecule has 0 radical (unpaired) electrons. The van der Waals surface area contributed by atoms with Gasteiger partial charge in [0, 0.05) is 30.0 Å². The zero-order valence-corrected chi connectivity index (χ0v) is 16.6. The molecule has 154 valence electrons. The highest BCUT2D eigenvalue weighted by atomic mass is 19.1. The van der Waals surface area contributed by atoms with Crippen molar-refractivity contribution in [2.75, 3.05) is 13.7 Å². The van der Waals surface area contributed by atoms with E-state index in [0.29, 0.717) is 54.4 Å². The Morgan fingerprint density at radius 1 is 1.37 bits per heavy atom. The number of methoxy groups -OCH3 is 1. The number of benzene rings is 1. The van der Waals surface area contributed by atoms with Gasteiger partial charge in [0.05, 0.1) is 38.1 Å². The monoisotopic (exact) mass is 410 g/mol. The normalized spacial score (nSPS) is 13.0. The Morgan fingerprint density at radius 3 is 2.93 bits per heavy atom. The Hall–Kier alpha value is -3.51. The lowest BCUT2D eigenvalue weighted by Gasteiger charge is -2.19. The van der Waals surface area contributed by atoms with E-state index in [4.69, 9.17) is 14.0 Å². The highest BCUT2D eigenvalue weighted by Gasteiger charge is 2.21. The molecule has 0 amide bonds. The molecule has 0 N–H and O–H groups in total. The van der Waals surface area contributed by atoms with Crippen LogP contribution in [0.3, 0.4) is 0 Å². The van der Waals surface area contributed by atoms with Gasteiger partial charge < -0.3 is 14.0 Å². The molecule has 1 aromatic carbocycles. The van der Waals surface area contributed by atoms with Gasteiger partial charge in [-0.25, -0.2) is 9.37 Å². The highest BCUT2D eigenvalue weighted by molar-refractivity contribution is 5.68.